The van der Waals surface area contributed by atoms with Crippen LogP contribution in [0.5, 0.6) is 0 Å². The molecule has 0 spiro atoms. The number of hydrogen-bond acceptors (Lipinski definition) is 4. The van der Waals surface area contributed by atoms with Gasteiger partial charge in [0.2, 0.25) is 0 Å². The summed E-state index contributed by atoms with van der Waals surface area (Å²) < 4.78 is 11.9. The molecule has 0 saturated carbocycles. The van der Waals surface area contributed by atoms with E-state index in [1.54, 1.807) is 6.07 Å². The van der Waals surface area contributed by atoms with Crippen LogP contribution >= 0.6 is 23.2 Å². The van der Waals surface area contributed by atoms with E-state index in [0.29, 0.717) is 22.7 Å². The third kappa shape index (κ3) is 3.14. The van der Waals surface area contributed by atoms with Crippen LogP contribution in [0, 0.1) is 20.8 Å². The molecule has 6 heteroatoms. The van der Waals surface area contributed by atoms with Crippen molar-refractivity contribution < 1.29 is 18.4 Å². The average Bonchev–Trinajstić information content (AvgIpc) is 3.30. The summed E-state index contributed by atoms with van der Waals surface area (Å²) in [6, 6.07) is 10.6. The van der Waals surface area contributed by atoms with E-state index in [-0.39, 0.29) is 26.7 Å². The fourth-order valence-electron chi connectivity index (χ4n) is 4.21. The minimum atomic E-state index is -0.404. The Balaban J connectivity index is 1.53. The van der Waals surface area contributed by atoms with Gasteiger partial charge >= 0.3 is 0 Å². The largest absolute Gasteiger partial charge is 0.453 e. The van der Waals surface area contributed by atoms with Crippen molar-refractivity contribution >= 4 is 52.0 Å². The van der Waals surface area contributed by atoms with Crippen LogP contribution in [-0.2, 0) is 0 Å². The highest BCUT2D eigenvalue weighted by atomic mass is 35.5. The third-order valence-electron chi connectivity index (χ3n) is 5.48. The molecule has 0 saturated heterocycles. The Morgan fingerprint density at radius 3 is 1.84 bits per heavy atom. The molecule has 154 valence electrons. The molecule has 0 unspecified atom stereocenters. The number of halogens is 2. The van der Waals surface area contributed by atoms with Crippen molar-refractivity contribution in [2.75, 3.05) is 0 Å². The Labute approximate surface area is 188 Å². The molecule has 4 aromatic rings. The Bertz CT molecular complexity index is 1370. The predicted molar refractivity (Wildman–Crippen MR) is 121 cm³/mol. The number of allylic oxidation sites excluding steroid dienone is 1. The van der Waals surface area contributed by atoms with Crippen LogP contribution in [0.25, 0.3) is 28.6 Å². The number of fused-ring (bicyclic) bond motifs is 2. The van der Waals surface area contributed by atoms with E-state index in [4.69, 9.17) is 32.0 Å². The van der Waals surface area contributed by atoms with Gasteiger partial charge in [-0.25, -0.2) is 0 Å². The molecule has 31 heavy (non-hydrogen) atoms. The monoisotopic (exact) mass is 450 g/mol. The molecule has 0 radical (unpaired) electrons. The van der Waals surface area contributed by atoms with Gasteiger partial charge in [-0.1, -0.05) is 40.9 Å². The maximum absolute atomic E-state index is 12.7. The van der Waals surface area contributed by atoms with Gasteiger partial charge in [-0.15, -0.1) is 0 Å². The number of hydrogen-bond donors (Lipinski definition) is 0. The van der Waals surface area contributed by atoms with E-state index in [0.717, 1.165) is 16.7 Å². The molecule has 0 amide bonds. The lowest BCUT2D eigenvalue weighted by Gasteiger charge is -2.08. The molecular weight excluding hydrogens is 435 g/mol. The summed E-state index contributed by atoms with van der Waals surface area (Å²) in [5.41, 5.74) is 6.05. The molecule has 0 atom stereocenters. The van der Waals surface area contributed by atoms with Gasteiger partial charge in [0.05, 0.1) is 15.6 Å². The average molecular weight is 451 g/mol. The van der Waals surface area contributed by atoms with E-state index in [1.165, 1.54) is 23.8 Å². The van der Waals surface area contributed by atoms with E-state index >= 15 is 0 Å². The molecule has 0 fully saturated rings. The third-order valence-corrected chi connectivity index (χ3v) is 6.20. The summed E-state index contributed by atoms with van der Waals surface area (Å²) in [7, 11) is 0. The fourth-order valence-corrected chi connectivity index (χ4v) is 4.53. The second-order valence-electron chi connectivity index (χ2n) is 7.79. The molecule has 2 aromatic heterocycles. The quantitative estimate of drug-likeness (QED) is 0.236. The highest BCUT2D eigenvalue weighted by molar-refractivity contribution is 6.46. The highest BCUT2D eigenvalue weighted by Gasteiger charge is 2.34. The number of furan rings is 2. The van der Waals surface area contributed by atoms with Crippen molar-refractivity contribution in [3.8, 4) is 11.3 Å². The zero-order valence-electron chi connectivity index (χ0n) is 16.9. The summed E-state index contributed by atoms with van der Waals surface area (Å²) in [6.45, 7) is 6.15. The number of rotatable bonds is 2. The van der Waals surface area contributed by atoms with Crippen LogP contribution in [0.1, 0.15) is 43.2 Å². The lowest BCUT2D eigenvalue weighted by molar-refractivity contribution is 0.0990. The van der Waals surface area contributed by atoms with Crippen LogP contribution in [0.4, 0.5) is 0 Å². The van der Waals surface area contributed by atoms with Crippen molar-refractivity contribution in [2.45, 2.75) is 20.8 Å². The van der Waals surface area contributed by atoms with Crippen molar-refractivity contribution in [1.29, 1.82) is 0 Å². The van der Waals surface area contributed by atoms with Gasteiger partial charge in [0.25, 0.3) is 0 Å². The first-order chi connectivity index (χ1) is 14.7. The summed E-state index contributed by atoms with van der Waals surface area (Å²) in [5.74, 6) is 0.267. The number of Topliss-reactive ketones (excluding diaryl/α,β-unsaturated/α-hetero) is 2. The Hall–Kier alpha value is -3.08. The van der Waals surface area contributed by atoms with Crippen molar-refractivity contribution in [3.63, 3.8) is 0 Å². The minimum Gasteiger partial charge on any atom is -0.453 e. The molecule has 0 N–H and O–H groups in total. The van der Waals surface area contributed by atoms with Crippen LogP contribution in [0.2, 0.25) is 10.0 Å². The lowest BCUT2D eigenvalue weighted by atomic mass is 9.98. The van der Waals surface area contributed by atoms with Gasteiger partial charge in [0.1, 0.15) is 11.5 Å². The molecular formula is C25H16Cl2O4. The smallest absolute Gasteiger partial charge is 0.197 e. The maximum Gasteiger partial charge on any atom is 0.197 e. The molecule has 2 aromatic carbocycles. The van der Waals surface area contributed by atoms with E-state index in [1.807, 2.05) is 19.9 Å². The summed E-state index contributed by atoms with van der Waals surface area (Å²) >= 11 is 12.0. The second-order valence-corrected chi connectivity index (χ2v) is 8.60. The van der Waals surface area contributed by atoms with Gasteiger partial charge < -0.3 is 8.83 Å². The van der Waals surface area contributed by atoms with E-state index in [9.17, 15) is 9.59 Å². The van der Waals surface area contributed by atoms with E-state index in [2.05, 4.69) is 19.1 Å². The van der Waals surface area contributed by atoms with Crippen LogP contribution in [-0.4, -0.2) is 11.6 Å². The number of ketones is 2. The van der Waals surface area contributed by atoms with Crippen molar-refractivity contribution in [2.24, 2.45) is 0 Å². The first-order valence-corrected chi connectivity index (χ1v) is 10.4. The molecule has 0 bridgehead atoms. The van der Waals surface area contributed by atoms with Crippen LogP contribution in [0.15, 0.2) is 50.8 Å². The van der Waals surface area contributed by atoms with Gasteiger partial charge in [0, 0.05) is 28.8 Å². The number of carbonyl (C=O) groups is 2. The molecule has 1 aliphatic rings. The van der Waals surface area contributed by atoms with Gasteiger partial charge in [-0.3, -0.25) is 9.59 Å². The Morgan fingerprint density at radius 2 is 1.29 bits per heavy atom. The van der Waals surface area contributed by atoms with Gasteiger partial charge in [0.15, 0.2) is 22.7 Å². The maximum atomic E-state index is 12.7. The second kappa shape index (κ2) is 6.98. The molecule has 0 aliphatic heterocycles. The van der Waals surface area contributed by atoms with Crippen molar-refractivity contribution in [1.82, 2.24) is 0 Å². The SMILES string of the molecule is Cc1cc(C)c(-c2cc3oc(C=C4C(=O)c5cc(Cl)c(Cl)cc5C4=O)cc3o2)c(C)c1. The van der Waals surface area contributed by atoms with Gasteiger partial charge in [-0.2, -0.15) is 0 Å². The first-order valence-electron chi connectivity index (χ1n) is 9.64. The summed E-state index contributed by atoms with van der Waals surface area (Å²) in [4.78, 5) is 25.4. The Morgan fingerprint density at radius 1 is 0.742 bits per heavy atom. The molecule has 2 heterocycles. The Kier molecular flexibility index (Phi) is 4.47. The molecule has 1 aliphatic carbocycles. The first kappa shape index (κ1) is 19.9. The number of benzene rings is 2. The number of carbonyl (C=O) groups excluding carboxylic acids is 2. The summed E-state index contributed by atoms with van der Waals surface area (Å²) in [5, 5.41) is 0.458. The lowest BCUT2D eigenvalue weighted by Crippen LogP contribution is -1.99. The van der Waals surface area contributed by atoms with Crippen LogP contribution < -0.4 is 0 Å². The number of aryl methyl sites for hydroxylation is 3. The van der Waals surface area contributed by atoms with E-state index < -0.39 is 11.6 Å². The zero-order valence-corrected chi connectivity index (χ0v) is 18.4. The predicted octanol–water partition coefficient (Wildman–Crippen LogP) is 7.39. The topological polar surface area (TPSA) is 60.4 Å². The standard InChI is InChI=1S/C25H16Cl2O4/c1-11-4-12(2)23(13(3)5-11)22-10-21-20(31-22)7-14(30-21)6-17-24(28)15-8-18(26)19(27)9-16(15)25(17)29/h4-10H,1-3H3. The summed E-state index contributed by atoms with van der Waals surface area (Å²) in [6.07, 6.45) is 1.43. The fraction of sp³-hybridized carbons (Fsp3) is 0.120. The normalized spacial score (nSPS) is 13.4. The minimum absolute atomic E-state index is 0.00943. The highest BCUT2D eigenvalue weighted by Crippen LogP contribution is 2.37. The van der Waals surface area contributed by atoms with Crippen LogP contribution in [0.3, 0.4) is 0 Å². The van der Waals surface area contributed by atoms with Gasteiger partial charge in [-0.05, 0) is 50.1 Å². The molecule has 5 rings (SSSR count). The molecule has 4 nitrogen and oxygen atoms in total. The van der Waals surface area contributed by atoms with Crippen molar-refractivity contribution in [3.05, 3.63) is 85.6 Å². The zero-order chi connectivity index (χ0) is 22.0.